The summed E-state index contributed by atoms with van der Waals surface area (Å²) in [5.74, 6) is 5.63. The Bertz CT molecular complexity index is 1100. The van der Waals surface area contributed by atoms with Gasteiger partial charge in [0.15, 0.2) is 11.6 Å². The van der Waals surface area contributed by atoms with Crippen LogP contribution in [0.5, 0.6) is 5.75 Å². The normalized spacial score (nSPS) is 23.4. The molecule has 3 fully saturated rings. The van der Waals surface area contributed by atoms with E-state index in [1.165, 1.54) is 7.11 Å². The van der Waals surface area contributed by atoms with Gasteiger partial charge in [0.2, 0.25) is 0 Å². The lowest BCUT2D eigenvalue weighted by molar-refractivity contribution is 0.411. The summed E-state index contributed by atoms with van der Waals surface area (Å²) in [7, 11) is 1.44. The Kier molecular flexibility index (Phi) is 3.59. The van der Waals surface area contributed by atoms with E-state index >= 15 is 4.39 Å². The van der Waals surface area contributed by atoms with Crippen LogP contribution in [0, 0.1) is 11.7 Å². The van der Waals surface area contributed by atoms with E-state index in [-0.39, 0.29) is 17.2 Å². The minimum atomic E-state index is -0.786. The van der Waals surface area contributed by atoms with Gasteiger partial charge < -0.3 is 21.2 Å². The third-order valence-electron chi connectivity index (χ3n) is 6.59. The SMILES string of the molecule is COc1c(N2CC[C@@H](C3(N)CC3)C2)c(F)cn2c(=O)n(N)c(=O)c(C3CC3)c12. The predicted octanol–water partition coefficient (Wildman–Crippen LogP) is 0.518. The fraction of sp³-hybridized carbons (Fsp3) is 0.579. The van der Waals surface area contributed by atoms with Crippen LogP contribution >= 0.6 is 0 Å². The van der Waals surface area contributed by atoms with Gasteiger partial charge in [-0.25, -0.2) is 9.18 Å². The largest absolute Gasteiger partial charge is 0.492 e. The van der Waals surface area contributed by atoms with Crippen molar-refractivity contribution in [3.63, 3.8) is 0 Å². The van der Waals surface area contributed by atoms with E-state index in [0.717, 1.165) is 42.7 Å². The summed E-state index contributed by atoms with van der Waals surface area (Å²) >= 11 is 0. The van der Waals surface area contributed by atoms with Gasteiger partial charge in [0.25, 0.3) is 5.56 Å². The van der Waals surface area contributed by atoms with Crippen molar-refractivity contribution in [3.8, 4) is 5.75 Å². The van der Waals surface area contributed by atoms with Gasteiger partial charge in [-0.2, -0.15) is 4.68 Å². The Labute approximate surface area is 160 Å². The molecule has 150 valence electrons. The summed E-state index contributed by atoms with van der Waals surface area (Å²) < 4.78 is 22.4. The molecule has 1 saturated heterocycles. The molecule has 0 amide bonds. The average Bonchev–Trinajstić information content (AvgIpc) is 3.60. The van der Waals surface area contributed by atoms with Gasteiger partial charge in [-0.1, -0.05) is 0 Å². The lowest BCUT2D eigenvalue weighted by Crippen LogP contribution is -2.44. The number of rotatable bonds is 4. The number of hydrogen-bond acceptors (Lipinski definition) is 6. The van der Waals surface area contributed by atoms with Crippen LogP contribution in [0.1, 0.15) is 43.6 Å². The Morgan fingerprint density at radius 2 is 1.96 bits per heavy atom. The molecule has 4 N–H and O–H groups in total. The summed E-state index contributed by atoms with van der Waals surface area (Å²) in [6, 6.07) is 0. The van der Waals surface area contributed by atoms with Crippen LogP contribution in [0.25, 0.3) is 5.52 Å². The zero-order valence-electron chi connectivity index (χ0n) is 15.8. The molecule has 1 aliphatic heterocycles. The molecule has 2 aromatic rings. The van der Waals surface area contributed by atoms with Crippen molar-refractivity contribution in [2.75, 3.05) is 30.9 Å². The Hall–Kier alpha value is -2.55. The summed E-state index contributed by atoms with van der Waals surface area (Å²) in [5.41, 5.74) is 5.95. The number of nitrogens with zero attached hydrogens (tertiary/aromatic N) is 3. The summed E-state index contributed by atoms with van der Waals surface area (Å²) in [6.07, 6.45) is 5.67. The molecule has 28 heavy (non-hydrogen) atoms. The summed E-state index contributed by atoms with van der Waals surface area (Å²) in [6.45, 7) is 1.29. The second kappa shape index (κ2) is 5.73. The van der Waals surface area contributed by atoms with E-state index in [9.17, 15) is 9.59 Å². The van der Waals surface area contributed by atoms with Gasteiger partial charge in [0, 0.05) is 18.6 Å². The number of pyridine rings is 1. The highest BCUT2D eigenvalue weighted by atomic mass is 19.1. The highest BCUT2D eigenvalue weighted by Crippen LogP contribution is 2.48. The molecule has 0 radical (unpaired) electrons. The maximum Gasteiger partial charge on any atom is 0.354 e. The minimum absolute atomic E-state index is 0.00946. The third kappa shape index (κ3) is 2.38. The number of aromatic nitrogens is 2. The number of nitrogens with two attached hydrogens (primary N) is 2. The van der Waals surface area contributed by atoms with E-state index in [0.29, 0.717) is 40.5 Å². The van der Waals surface area contributed by atoms with Crippen LogP contribution in [-0.4, -0.2) is 34.8 Å². The van der Waals surface area contributed by atoms with Crippen LogP contribution < -0.4 is 32.5 Å². The second-order valence-electron chi connectivity index (χ2n) is 8.39. The Balaban J connectivity index is 1.74. The highest BCUT2D eigenvalue weighted by molar-refractivity contribution is 5.78. The molecule has 3 aliphatic rings. The molecule has 5 rings (SSSR count). The van der Waals surface area contributed by atoms with Gasteiger partial charge in [0.1, 0.15) is 11.2 Å². The van der Waals surface area contributed by atoms with Crippen molar-refractivity contribution in [1.29, 1.82) is 0 Å². The fourth-order valence-electron chi connectivity index (χ4n) is 4.62. The Morgan fingerprint density at radius 1 is 1.25 bits per heavy atom. The van der Waals surface area contributed by atoms with Gasteiger partial charge >= 0.3 is 5.69 Å². The quantitative estimate of drug-likeness (QED) is 0.738. The van der Waals surface area contributed by atoms with Crippen molar-refractivity contribution in [2.45, 2.75) is 43.6 Å². The van der Waals surface area contributed by atoms with Crippen molar-refractivity contribution < 1.29 is 9.13 Å². The first-order valence-electron chi connectivity index (χ1n) is 9.72. The van der Waals surface area contributed by atoms with Crippen molar-refractivity contribution in [2.24, 2.45) is 11.7 Å². The number of anilines is 1. The van der Waals surface area contributed by atoms with Crippen LogP contribution in [0.2, 0.25) is 0 Å². The number of ether oxygens (including phenoxy) is 1. The van der Waals surface area contributed by atoms with E-state index in [1.54, 1.807) is 0 Å². The van der Waals surface area contributed by atoms with Gasteiger partial charge in [-0.15, -0.1) is 0 Å². The maximum atomic E-state index is 15.2. The number of fused-ring (bicyclic) bond motifs is 1. The molecule has 3 heterocycles. The zero-order valence-corrected chi connectivity index (χ0v) is 15.8. The smallest absolute Gasteiger partial charge is 0.354 e. The monoisotopic (exact) mass is 389 g/mol. The number of nitrogen functional groups attached to an aromatic ring is 1. The lowest BCUT2D eigenvalue weighted by Gasteiger charge is -2.25. The molecule has 9 heteroatoms. The lowest BCUT2D eigenvalue weighted by atomic mass is 9.97. The molecular weight excluding hydrogens is 365 g/mol. The topological polar surface area (TPSA) is 108 Å². The average molecular weight is 389 g/mol. The minimum Gasteiger partial charge on any atom is -0.492 e. The zero-order chi connectivity index (χ0) is 19.8. The molecule has 0 spiro atoms. The molecule has 0 bridgehead atoms. The van der Waals surface area contributed by atoms with Crippen molar-refractivity contribution in [3.05, 3.63) is 38.4 Å². The predicted molar refractivity (Wildman–Crippen MR) is 103 cm³/mol. The van der Waals surface area contributed by atoms with Gasteiger partial charge in [-0.05, 0) is 43.9 Å². The van der Waals surface area contributed by atoms with Crippen LogP contribution in [0.4, 0.5) is 10.1 Å². The molecular formula is C19H24FN5O3. The van der Waals surface area contributed by atoms with Crippen LogP contribution in [0.3, 0.4) is 0 Å². The highest BCUT2D eigenvalue weighted by Gasteiger charge is 2.48. The number of methoxy groups -OCH3 is 1. The third-order valence-corrected chi connectivity index (χ3v) is 6.59. The standard InChI is InChI=1S/C19H24FN5O3/c1-28-16-14(23-7-4-11(8-23)19(21)5-6-19)12(20)9-24-15(16)13(10-2-3-10)17(26)25(22)18(24)27/h9-11H,2-8,21-22H2,1H3/t11-/m1/s1. The van der Waals surface area contributed by atoms with E-state index < -0.39 is 17.1 Å². The summed E-state index contributed by atoms with van der Waals surface area (Å²) in [4.78, 5) is 27.2. The van der Waals surface area contributed by atoms with E-state index in [1.807, 2.05) is 4.90 Å². The van der Waals surface area contributed by atoms with E-state index in [4.69, 9.17) is 16.3 Å². The number of hydrogen-bond donors (Lipinski definition) is 2. The molecule has 0 aromatic carbocycles. The van der Waals surface area contributed by atoms with Gasteiger partial charge in [-0.3, -0.25) is 9.20 Å². The first kappa shape index (κ1) is 17.5. The fourth-order valence-corrected chi connectivity index (χ4v) is 4.62. The molecule has 2 aliphatic carbocycles. The number of halogens is 1. The van der Waals surface area contributed by atoms with Crippen LogP contribution in [0.15, 0.2) is 15.8 Å². The molecule has 2 aromatic heterocycles. The second-order valence-corrected chi connectivity index (χ2v) is 8.39. The van der Waals surface area contributed by atoms with Crippen molar-refractivity contribution >= 4 is 11.2 Å². The first-order chi connectivity index (χ1) is 13.4. The van der Waals surface area contributed by atoms with Crippen molar-refractivity contribution in [1.82, 2.24) is 9.08 Å². The molecule has 1 atom stereocenters. The molecule has 2 saturated carbocycles. The molecule has 0 unspecified atom stereocenters. The summed E-state index contributed by atoms with van der Waals surface area (Å²) in [5, 5.41) is 0. The molecule has 8 nitrogen and oxygen atoms in total. The van der Waals surface area contributed by atoms with E-state index in [2.05, 4.69) is 0 Å². The van der Waals surface area contributed by atoms with Crippen LogP contribution in [-0.2, 0) is 0 Å². The first-order valence-corrected chi connectivity index (χ1v) is 9.72. The Morgan fingerprint density at radius 3 is 2.57 bits per heavy atom. The van der Waals surface area contributed by atoms with Gasteiger partial charge in [0.05, 0.1) is 18.9 Å². The maximum absolute atomic E-state index is 15.2.